The Morgan fingerprint density at radius 3 is 2.59 bits per heavy atom. The minimum Gasteiger partial charge on any atom is -0.484 e. The van der Waals surface area contributed by atoms with Gasteiger partial charge in [0.15, 0.2) is 12.4 Å². The standard InChI is InChI=1S/C20H21N3O4/c1-2-15-5-7-16(8-6-15)27-14-19(24)21-11-13-26-20-10-9-17(22-23-20)18-4-3-12-25-18/h3-10,12H,2,11,13-14H2,1H3,(H,21,24). The summed E-state index contributed by atoms with van der Waals surface area (Å²) >= 11 is 0. The van der Waals surface area contributed by atoms with Crippen LogP contribution >= 0.6 is 0 Å². The topological polar surface area (TPSA) is 86.5 Å². The second kappa shape index (κ2) is 9.38. The van der Waals surface area contributed by atoms with Gasteiger partial charge in [0.2, 0.25) is 5.88 Å². The van der Waals surface area contributed by atoms with E-state index in [2.05, 4.69) is 22.4 Å². The maximum atomic E-state index is 11.8. The van der Waals surface area contributed by atoms with Gasteiger partial charge in [-0.2, -0.15) is 0 Å². The third-order valence-corrected chi connectivity index (χ3v) is 3.79. The van der Waals surface area contributed by atoms with E-state index >= 15 is 0 Å². The van der Waals surface area contributed by atoms with Crippen LogP contribution in [-0.2, 0) is 11.2 Å². The molecular formula is C20H21N3O4. The summed E-state index contributed by atoms with van der Waals surface area (Å²) in [5, 5.41) is 10.7. The van der Waals surface area contributed by atoms with Crippen LogP contribution in [0.3, 0.4) is 0 Å². The molecule has 1 aromatic carbocycles. The van der Waals surface area contributed by atoms with Crippen LogP contribution in [0.1, 0.15) is 12.5 Å². The van der Waals surface area contributed by atoms with Gasteiger partial charge in [0.1, 0.15) is 18.1 Å². The molecule has 2 heterocycles. The number of carbonyl (C=O) groups is 1. The molecule has 2 aromatic heterocycles. The molecule has 27 heavy (non-hydrogen) atoms. The van der Waals surface area contributed by atoms with E-state index in [4.69, 9.17) is 13.9 Å². The SMILES string of the molecule is CCc1ccc(OCC(=O)NCCOc2ccc(-c3ccco3)nn2)cc1. The number of aromatic nitrogens is 2. The molecular weight excluding hydrogens is 346 g/mol. The van der Waals surface area contributed by atoms with Crippen molar-refractivity contribution in [1.82, 2.24) is 15.5 Å². The number of furan rings is 1. The second-order valence-corrected chi connectivity index (χ2v) is 5.72. The molecule has 3 rings (SSSR count). The molecule has 0 unspecified atom stereocenters. The summed E-state index contributed by atoms with van der Waals surface area (Å²) in [6.45, 7) is 2.68. The Balaban J connectivity index is 1.34. The predicted molar refractivity (Wildman–Crippen MR) is 99.6 cm³/mol. The van der Waals surface area contributed by atoms with Crippen molar-refractivity contribution in [3.05, 3.63) is 60.4 Å². The van der Waals surface area contributed by atoms with Crippen molar-refractivity contribution in [2.45, 2.75) is 13.3 Å². The van der Waals surface area contributed by atoms with Gasteiger partial charge in [0, 0.05) is 6.07 Å². The summed E-state index contributed by atoms with van der Waals surface area (Å²) in [5.74, 6) is 1.49. The number of hydrogen-bond acceptors (Lipinski definition) is 6. The normalized spacial score (nSPS) is 10.4. The third kappa shape index (κ3) is 5.57. The highest BCUT2D eigenvalue weighted by Crippen LogP contribution is 2.17. The number of nitrogens with one attached hydrogen (secondary N) is 1. The quantitative estimate of drug-likeness (QED) is 0.585. The van der Waals surface area contributed by atoms with Crippen molar-refractivity contribution in [1.29, 1.82) is 0 Å². The lowest BCUT2D eigenvalue weighted by Crippen LogP contribution is -2.32. The molecule has 0 aliphatic heterocycles. The number of nitrogens with zero attached hydrogens (tertiary/aromatic N) is 2. The Labute approximate surface area is 157 Å². The molecule has 0 bridgehead atoms. The first-order chi connectivity index (χ1) is 13.2. The summed E-state index contributed by atoms with van der Waals surface area (Å²) in [5.41, 5.74) is 1.86. The van der Waals surface area contributed by atoms with Crippen LogP contribution in [0.15, 0.2) is 59.2 Å². The van der Waals surface area contributed by atoms with Crippen LogP contribution in [0.4, 0.5) is 0 Å². The lowest BCUT2D eigenvalue weighted by molar-refractivity contribution is -0.123. The van der Waals surface area contributed by atoms with Crippen LogP contribution < -0.4 is 14.8 Å². The molecule has 0 aliphatic carbocycles. The highest BCUT2D eigenvalue weighted by molar-refractivity contribution is 5.77. The molecule has 0 saturated carbocycles. The first kappa shape index (κ1) is 18.4. The summed E-state index contributed by atoms with van der Waals surface area (Å²) in [7, 11) is 0. The molecule has 3 aromatic rings. The van der Waals surface area contributed by atoms with Crippen LogP contribution in [0.2, 0.25) is 0 Å². The van der Waals surface area contributed by atoms with Gasteiger partial charge in [0.25, 0.3) is 5.91 Å². The van der Waals surface area contributed by atoms with E-state index in [-0.39, 0.29) is 19.1 Å². The van der Waals surface area contributed by atoms with E-state index in [1.54, 1.807) is 30.5 Å². The molecule has 0 fully saturated rings. The zero-order valence-corrected chi connectivity index (χ0v) is 15.1. The van der Waals surface area contributed by atoms with Gasteiger partial charge in [-0.25, -0.2) is 0 Å². The van der Waals surface area contributed by atoms with Crippen molar-refractivity contribution in [2.24, 2.45) is 0 Å². The Morgan fingerprint density at radius 2 is 1.93 bits per heavy atom. The predicted octanol–water partition coefficient (Wildman–Crippen LogP) is 2.87. The maximum Gasteiger partial charge on any atom is 0.258 e. The number of amides is 1. The largest absolute Gasteiger partial charge is 0.484 e. The monoisotopic (exact) mass is 367 g/mol. The van der Waals surface area contributed by atoms with E-state index in [9.17, 15) is 4.79 Å². The lowest BCUT2D eigenvalue weighted by atomic mass is 10.2. The fraction of sp³-hybridized carbons (Fsp3) is 0.250. The van der Waals surface area contributed by atoms with Crippen molar-refractivity contribution in [3.8, 4) is 23.1 Å². The molecule has 140 valence electrons. The highest BCUT2D eigenvalue weighted by atomic mass is 16.5. The number of hydrogen-bond donors (Lipinski definition) is 1. The minimum atomic E-state index is -0.211. The summed E-state index contributed by atoms with van der Waals surface area (Å²) in [6, 6.07) is 14.8. The Kier molecular flexibility index (Phi) is 6.40. The summed E-state index contributed by atoms with van der Waals surface area (Å²) in [4.78, 5) is 11.8. The van der Waals surface area contributed by atoms with E-state index in [0.717, 1.165) is 6.42 Å². The molecule has 0 saturated heterocycles. The lowest BCUT2D eigenvalue weighted by Gasteiger charge is -2.08. The van der Waals surface area contributed by atoms with E-state index in [1.165, 1.54) is 5.56 Å². The number of carbonyl (C=O) groups excluding carboxylic acids is 1. The van der Waals surface area contributed by atoms with E-state index < -0.39 is 0 Å². The average molecular weight is 367 g/mol. The fourth-order valence-corrected chi connectivity index (χ4v) is 2.32. The van der Waals surface area contributed by atoms with Gasteiger partial charge >= 0.3 is 0 Å². The minimum absolute atomic E-state index is 0.0386. The van der Waals surface area contributed by atoms with Crippen molar-refractivity contribution in [2.75, 3.05) is 19.8 Å². The number of benzene rings is 1. The molecule has 1 N–H and O–H groups in total. The molecule has 0 spiro atoms. The van der Waals surface area contributed by atoms with Gasteiger partial charge in [-0.05, 0) is 42.3 Å². The zero-order valence-electron chi connectivity index (χ0n) is 15.1. The molecule has 0 atom stereocenters. The Bertz CT molecular complexity index is 831. The molecule has 0 radical (unpaired) electrons. The van der Waals surface area contributed by atoms with Crippen LogP contribution in [0.5, 0.6) is 11.6 Å². The van der Waals surface area contributed by atoms with Crippen molar-refractivity contribution < 1.29 is 18.7 Å². The first-order valence-corrected chi connectivity index (χ1v) is 8.73. The third-order valence-electron chi connectivity index (χ3n) is 3.79. The molecule has 0 aliphatic rings. The van der Waals surface area contributed by atoms with E-state index in [1.807, 2.05) is 24.3 Å². The van der Waals surface area contributed by atoms with Gasteiger partial charge in [0.05, 0.1) is 12.8 Å². The summed E-state index contributed by atoms with van der Waals surface area (Å²) in [6.07, 6.45) is 2.55. The molecule has 7 nitrogen and oxygen atoms in total. The number of ether oxygens (including phenoxy) is 2. The fourth-order valence-electron chi connectivity index (χ4n) is 2.32. The van der Waals surface area contributed by atoms with E-state index in [0.29, 0.717) is 29.6 Å². The van der Waals surface area contributed by atoms with Crippen LogP contribution in [0.25, 0.3) is 11.5 Å². The highest BCUT2D eigenvalue weighted by Gasteiger charge is 2.05. The van der Waals surface area contributed by atoms with Gasteiger partial charge in [-0.1, -0.05) is 19.1 Å². The maximum absolute atomic E-state index is 11.8. The van der Waals surface area contributed by atoms with Crippen molar-refractivity contribution >= 4 is 5.91 Å². The summed E-state index contributed by atoms with van der Waals surface area (Å²) < 4.78 is 16.2. The second-order valence-electron chi connectivity index (χ2n) is 5.72. The Hall–Kier alpha value is -3.35. The van der Waals surface area contributed by atoms with Gasteiger partial charge < -0.3 is 19.2 Å². The molecule has 1 amide bonds. The van der Waals surface area contributed by atoms with Crippen molar-refractivity contribution in [3.63, 3.8) is 0 Å². The molecule has 7 heteroatoms. The number of rotatable bonds is 9. The zero-order chi connectivity index (χ0) is 18.9. The van der Waals surface area contributed by atoms with Gasteiger partial charge in [-0.3, -0.25) is 4.79 Å². The van der Waals surface area contributed by atoms with Crippen LogP contribution in [0, 0.1) is 0 Å². The smallest absolute Gasteiger partial charge is 0.258 e. The van der Waals surface area contributed by atoms with Crippen LogP contribution in [-0.4, -0.2) is 35.9 Å². The average Bonchev–Trinajstić information content (AvgIpc) is 3.25. The first-order valence-electron chi connectivity index (χ1n) is 8.73. The Morgan fingerprint density at radius 1 is 1.07 bits per heavy atom. The number of aryl methyl sites for hydroxylation is 1. The van der Waals surface area contributed by atoms with Gasteiger partial charge in [-0.15, -0.1) is 10.2 Å².